The van der Waals surface area contributed by atoms with Crippen LogP contribution in [0.15, 0.2) is 17.0 Å². The number of hydroxylamine groups is 2. The van der Waals surface area contributed by atoms with Crippen molar-refractivity contribution < 1.29 is 19.2 Å². The highest BCUT2D eigenvalue weighted by Crippen LogP contribution is 2.26. The van der Waals surface area contributed by atoms with Gasteiger partial charge in [-0.15, -0.1) is 0 Å². The van der Waals surface area contributed by atoms with Gasteiger partial charge in [0, 0.05) is 6.42 Å². The van der Waals surface area contributed by atoms with Gasteiger partial charge in [0.1, 0.15) is 0 Å². The molecule has 0 radical (unpaired) electrons. The summed E-state index contributed by atoms with van der Waals surface area (Å²) in [6.45, 7) is 7.90. The van der Waals surface area contributed by atoms with Crippen molar-refractivity contribution in [3.63, 3.8) is 0 Å². The lowest BCUT2D eigenvalue weighted by atomic mass is 10.0. The highest BCUT2D eigenvalue weighted by molar-refractivity contribution is 5.91. The van der Waals surface area contributed by atoms with E-state index in [0.717, 1.165) is 0 Å². The molecule has 0 fully saturated rings. The topological polar surface area (TPSA) is 81.9 Å². The first-order chi connectivity index (χ1) is 8.80. The fourth-order valence-electron chi connectivity index (χ4n) is 1.70. The Bertz CT molecular complexity index is 442. The van der Waals surface area contributed by atoms with E-state index in [0.29, 0.717) is 18.5 Å². The Balaban J connectivity index is 3.01. The standard InChI is InChI=1S/C13H20N2O4/c1-5-18-12(17)9-6-7-15(19-13(2,3)4)10(8-16)11(9)14/h5-7,14H2,1-4H3. The molecule has 0 unspecified atom stereocenters. The first-order valence-corrected chi connectivity index (χ1v) is 6.18. The molecule has 0 aromatic heterocycles. The van der Waals surface area contributed by atoms with Gasteiger partial charge in [-0.2, -0.15) is 0 Å². The van der Waals surface area contributed by atoms with Crippen LogP contribution in [0.25, 0.3) is 0 Å². The van der Waals surface area contributed by atoms with Gasteiger partial charge in [-0.25, -0.2) is 14.7 Å². The number of nitrogens with two attached hydrogens (primary N) is 1. The molecule has 6 nitrogen and oxygen atoms in total. The molecule has 0 bridgehead atoms. The summed E-state index contributed by atoms with van der Waals surface area (Å²) in [7, 11) is 0. The SMILES string of the molecule is CCOC(=O)C1=C(N)C(=C=O)N(OC(C)(C)C)CC1. The molecule has 6 heteroatoms. The fraction of sp³-hybridized carbons (Fsp3) is 0.615. The lowest BCUT2D eigenvalue weighted by molar-refractivity contribution is -0.206. The van der Waals surface area contributed by atoms with Crippen LogP contribution >= 0.6 is 0 Å². The molecule has 1 heterocycles. The average molecular weight is 268 g/mol. The number of carbonyl (C=O) groups excluding carboxylic acids is 2. The van der Waals surface area contributed by atoms with E-state index in [1.165, 1.54) is 5.06 Å². The first-order valence-electron chi connectivity index (χ1n) is 6.18. The summed E-state index contributed by atoms with van der Waals surface area (Å²) < 4.78 is 4.90. The van der Waals surface area contributed by atoms with Crippen molar-refractivity contribution in [2.45, 2.75) is 39.7 Å². The van der Waals surface area contributed by atoms with Crippen LogP contribution in [-0.2, 0) is 19.2 Å². The Morgan fingerprint density at radius 3 is 2.58 bits per heavy atom. The van der Waals surface area contributed by atoms with Crippen molar-refractivity contribution in [3.8, 4) is 0 Å². The van der Waals surface area contributed by atoms with E-state index in [2.05, 4.69) is 0 Å². The second-order valence-corrected chi connectivity index (χ2v) is 5.12. The molecule has 0 saturated heterocycles. The van der Waals surface area contributed by atoms with Crippen LogP contribution in [0.3, 0.4) is 0 Å². The molecule has 106 valence electrons. The van der Waals surface area contributed by atoms with E-state index in [1.54, 1.807) is 12.9 Å². The van der Waals surface area contributed by atoms with E-state index in [-0.39, 0.29) is 18.0 Å². The van der Waals surface area contributed by atoms with Gasteiger partial charge in [0.05, 0.1) is 30.0 Å². The number of nitrogens with zero attached hydrogens (tertiary/aromatic N) is 1. The van der Waals surface area contributed by atoms with Crippen molar-refractivity contribution in [3.05, 3.63) is 17.0 Å². The smallest absolute Gasteiger partial charge is 0.336 e. The minimum Gasteiger partial charge on any atom is -0.463 e. The fourth-order valence-corrected chi connectivity index (χ4v) is 1.70. The second kappa shape index (κ2) is 5.91. The molecule has 0 aromatic rings. The Kier molecular flexibility index (Phi) is 4.75. The lowest BCUT2D eigenvalue weighted by Crippen LogP contribution is -2.40. The maximum Gasteiger partial charge on any atom is 0.336 e. The zero-order valence-electron chi connectivity index (χ0n) is 11.8. The summed E-state index contributed by atoms with van der Waals surface area (Å²) in [5.41, 5.74) is 5.78. The van der Waals surface area contributed by atoms with Gasteiger partial charge in [0.2, 0.25) is 0 Å². The average Bonchev–Trinajstić information content (AvgIpc) is 2.27. The number of rotatable bonds is 3. The molecule has 2 N–H and O–H groups in total. The predicted molar refractivity (Wildman–Crippen MR) is 69.2 cm³/mol. The third-order valence-corrected chi connectivity index (χ3v) is 2.40. The Morgan fingerprint density at radius 1 is 1.47 bits per heavy atom. The molecule has 19 heavy (non-hydrogen) atoms. The number of ether oxygens (including phenoxy) is 1. The Labute approximate surface area is 112 Å². The van der Waals surface area contributed by atoms with E-state index < -0.39 is 11.6 Å². The Morgan fingerprint density at radius 2 is 2.11 bits per heavy atom. The molecule has 1 aliphatic rings. The normalized spacial score (nSPS) is 16.4. The number of esters is 1. The Hall–Kier alpha value is -1.78. The number of carbonyl (C=O) groups is 1. The maximum atomic E-state index is 11.7. The van der Waals surface area contributed by atoms with Gasteiger partial charge >= 0.3 is 5.97 Å². The van der Waals surface area contributed by atoms with Crippen molar-refractivity contribution in [2.24, 2.45) is 5.73 Å². The minimum absolute atomic E-state index is 0.0456. The largest absolute Gasteiger partial charge is 0.463 e. The summed E-state index contributed by atoms with van der Waals surface area (Å²) in [5, 5.41) is 1.38. The zero-order valence-corrected chi connectivity index (χ0v) is 11.8. The summed E-state index contributed by atoms with van der Waals surface area (Å²) in [6, 6.07) is 0. The molecular weight excluding hydrogens is 248 g/mol. The monoisotopic (exact) mass is 268 g/mol. The van der Waals surface area contributed by atoms with Gasteiger partial charge in [0.25, 0.3) is 0 Å². The first kappa shape index (κ1) is 15.3. The van der Waals surface area contributed by atoms with Crippen molar-refractivity contribution >= 4 is 11.9 Å². The molecule has 0 spiro atoms. The van der Waals surface area contributed by atoms with Crippen molar-refractivity contribution in [1.29, 1.82) is 0 Å². The molecule has 0 aromatic carbocycles. The van der Waals surface area contributed by atoms with Crippen LogP contribution in [0.2, 0.25) is 0 Å². The van der Waals surface area contributed by atoms with E-state index in [4.69, 9.17) is 15.3 Å². The second-order valence-electron chi connectivity index (χ2n) is 5.12. The van der Waals surface area contributed by atoms with Gasteiger partial charge in [0.15, 0.2) is 11.6 Å². The molecular formula is C13H20N2O4. The summed E-state index contributed by atoms with van der Waals surface area (Å²) >= 11 is 0. The molecule has 1 aliphatic heterocycles. The molecule has 0 aliphatic carbocycles. The lowest BCUT2D eigenvalue weighted by Gasteiger charge is -2.34. The third kappa shape index (κ3) is 3.84. The maximum absolute atomic E-state index is 11.7. The highest BCUT2D eigenvalue weighted by atomic mass is 16.7. The molecule has 0 atom stereocenters. The van der Waals surface area contributed by atoms with Crippen LogP contribution in [0.5, 0.6) is 0 Å². The summed E-state index contributed by atoms with van der Waals surface area (Å²) in [5.74, 6) is 1.23. The molecule has 1 rings (SSSR count). The van der Waals surface area contributed by atoms with Crippen LogP contribution in [0.1, 0.15) is 34.1 Å². The van der Waals surface area contributed by atoms with Crippen LogP contribution in [0.4, 0.5) is 0 Å². The molecule has 0 amide bonds. The number of hydrogen-bond donors (Lipinski definition) is 1. The van der Waals surface area contributed by atoms with Gasteiger partial charge in [-0.3, -0.25) is 4.84 Å². The summed E-state index contributed by atoms with van der Waals surface area (Å²) in [6.07, 6.45) is 0.367. The molecule has 0 saturated carbocycles. The third-order valence-electron chi connectivity index (χ3n) is 2.40. The predicted octanol–water partition coefficient (Wildman–Crippen LogP) is 0.914. The highest BCUT2D eigenvalue weighted by Gasteiger charge is 2.30. The van der Waals surface area contributed by atoms with Gasteiger partial charge < -0.3 is 10.5 Å². The summed E-state index contributed by atoms with van der Waals surface area (Å²) in [4.78, 5) is 28.4. The quantitative estimate of drug-likeness (QED) is 0.605. The van der Waals surface area contributed by atoms with Crippen LogP contribution in [-0.4, -0.2) is 35.7 Å². The van der Waals surface area contributed by atoms with Crippen LogP contribution < -0.4 is 5.73 Å². The zero-order chi connectivity index (χ0) is 14.6. The van der Waals surface area contributed by atoms with Crippen molar-refractivity contribution in [1.82, 2.24) is 5.06 Å². The van der Waals surface area contributed by atoms with Crippen LogP contribution in [0, 0.1) is 0 Å². The van der Waals surface area contributed by atoms with Gasteiger partial charge in [-0.05, 0) is 27.7 Å². The van der Waals surface area contributed by atoms with E-state index in [1.807, 2.05) is 20.8 Å². The van der Waals surface area contributed by atoms with Gasteiger partial charge in [-0.1, -0.05) is 0 Å². The minimum atomic E-state index is -0.497. The van der Waals surface area contributed by atoms with Crippen molar-refractivity contribution in [2.75, 3.05) is 13.2 Å². The van der Waals surface area contributed by atoms with E-state index >= 15 is 0 Å². The number of hydrogen-bond acceptors (Lipinski definition) is 6. The van der Waals surface area contributed by atoms with E-state index in [9.17, 15) is 9.59 Å².